The summed E-state index contributed by atoms with van der Waals surface area (Å²) in [7, 11) is 0. The summed E-state index contributed by atoms with van der Waals surface area (Å²) in [5, 5.41) is 18.2. The number of allylic oxidation sites excluding steroid dienone is 3. The lowest BCUT2D eigenvalue weighted by Gasteiger charge is -2.12. The third-order valence-corrected chi connectivity index (χ3v) is 2.67. The molecule has 2 N–H and O–H groups in total. The van der Waals surface area contributed by atoms with Gasteiger partial charge in [-0.1, -0.05) is 50.3 Å². The molecule has 2 atom stereocenters. The van der Waals surface area contributed by atoms with E-state index in [0.717, 1.165) is 24.8 Å². The fourth-order valence-electron chi connectivity index (χ4n) is 1.63. The molecule has 2 nitrogen and oxygen atoms in total. The maximum Gasteiger partial charge on any atom is 0.0582 e. The van der Waals surface area contributed by atoms with Crippen molar-refractivity contribution in [3.8, 4) is 0 Å². The van der Waals surface area contributed by atoms with Gasteiger partial charge in [-0.3, -0.25) is 0 Å². The maximum absolute atomic E-state index is 9.41. The van der Waals surface area contributed by atoms with E-state index in [1.54, 1.807) is 6.08 Å². The van der Waals surface area contributed by atoms with Crippen molar-refractivity contribution in [1.82, 2.24) is 0 Å². The lowest BCUT2D eigenvalue weighted by atomic mass is 10.0. The highest BCUT2D eigenvalue weighted by atomic mass is 16.3. The van der Waals surface area contributed by atoms with Crippen LogP contribution in [-0.4, -0.2) is 22.4 Å². The monoisotopic (exact) mass is 282 g/mol. The van der Waals surface area contributed by atoms with E-state index in [1.165, 1.54) is 5.57 Å². The van der Waals surface area contributed by atoms with Gasteiger partial charge in [-0.15, -0.1) is 0 Å². The zero-order valence-electron chi connectivity index (χ0n) is 14.0. The highest BCUT2D eigenvalue weighted by Crippen LogP contribution is 2.12. The Balaban J connectivity index is 0. The Labute approximate surface area is 125 Å². The minimum Gasteiger partial charge on any atom is -0.393 e. The summed E-state index contributed by atoms with van der Waals surface area (Å²) in [6, 6.07) is 0. The Kier molecular flexibility index (Phi) is 14.1. The third-order valence-electron chi connectivity index (χ3n) is 2.67. The zero-order chi connectivity index (χ0) is 16.1. The van der Waals surface area contributed by atoms with E-state index in [4.69, 9.17) is 5.11 Å². The molecule has 0 saturated carbocycles. The first-order chi connectivity index (χ1) is 9.18. The summed E-state index contributed by atoms with van der Waals surface area (Å²) >= 11 is 0. The van der Waals surface area contributed by atoms with Crippen LogP contribution in [0.3, 0.4) is 0 Å². The van der Waals surface area contributed by atoms with Crippen molar-refractivity contribution >= 4 is 0 Å². The van der Waals surface area contributed by atoms with Gasteiger partial charge in [0.25, 0.3) is 0 Å². The van der Waals surface area contributed by atoms with Gasteiger partial charge < -0.3 is 10.2 Å². The van der Waals surface area contributed by atoms with Crippen LogP contribution in [0.4, 0.5) is 0 Å². The second-order valence-corrected chi connectivity index (χ2v) is 6.06. The van der Waals surface area contributed by atoms with Crippen molar-refractivity contribution in [2.24, 2.45) is 5.92 Å². The van der Waals surface area contributed by atoms with Gasteiger partial charge in [-0.2, -0.15) is 0 Å². The van der Waals surface area contributed by atoms with E-state index < -0.39 is 0 Å². The van der Waals surface area contributed by atoms with Crippen LogP contribution in [0.2, 0.25) is 0 Å². The Bertz CT molecular complexity index is 284. The molecular formula is C18H34O2. The van der Waals surface area contributed by atoms with Crippen molar-refractivity contribution in [1.29, 1.82) is 0 Å². The topological polar surface area (TPSA) is 40.5 Å². The number of rotatable bonds is 8. The molecule has 0 radical (unpaired) electrons. The number of hydrogen-bond acceptors (Lipinski definition) is 2. The van der Waals surface area contributed by atoms with Crippen LogP contribution in [-0.2, 0) is 0 Å². The van der Waals surface area contributed by atoms with E-state index >= 15 is 0 Å². The summed E-state index contributed by atoms with van der Waals surface area (Å²) in [5.74, 6) is 0.544. The average molecular weight is 282 g/mol. The Morgan fingerprint density at radius 2 is 1.70 bits per heavy atom. The van der Waals surface area contributed by atoms with Crippen LogP contribution in [0.5, 0.6) is 0 Å². The third kappa shape index (κ3) is 19.5. The number of aliphatic hydroxyl groups is 2. The molecule has 0 aliphatic rings. The molecule has 0 aromatic carbocycles. The van der Waals surface area contributed by atoms with E-state index in [1.807, 2.05) is 6.92 Å². The van der Waals surface area contributed by atoms with Gasteiger partial charge in [0, 0.05) is 0 Å². The van der Waals surface area contributed by atoms with Crippen molar-refractivity contribution in [2.75, 3.05) is 0 Å². The fraction of sp³-hybridized carbons (Fsp3) is 0.667. The molecule has 0 heterocycles. The predicted molar refractivity (Wildman–Crippen MR) is 89.8 cm³/mol. The van der Waals surface area contributed by atoms with Crippen LogP contribution >= 0.6 is 0 Å². The minimum absolute atomic E-state index is 0.152. The van der Waals surface area contributed by atoms with Crippen molar-refractivity contribution in [3.63, 3.8) is 0 Å². The standard InChI is InChI=1S/C10H18O.C8H16O/c1-5-9(4)7-10(11)6-8(2)3;1-7(2)5-4-6-8(3)9/h5,8,10-11H,1,4,6-7H2,2-3H3;5,8-9H,4,6H2,1-3H3. The van der Waals surface area contributed by atoms with Gasteiger partial charge >= 0.3 is 0 Å². The first-order valence-corrected chi connectivity index (χ1v) is 7.48. The normalized spacial score (nSPS) is 13.0. The predicted octanol–water partition coefficient (Wildman–Crippen LogP) is 4.64. The Morgan fingerprint density at radius 3 is 2.05 bits per heavy atom. The summed E-state index contributed by atoms with van der Waals surface area (Å²) in [4.78, 5) is 0. The second kappa shape index (κ2) is 13.1. The molecule has 0 rings (SSSR count). The molecule has 0 aliphatic carbocycles. The fourth-order valence-corrected chi connectivity index (χ4v) is 1.63. The number of hydrogen-bond donors (Lipinski definition) is 2. The lowest BCUT2D eigenvalue weighted by Crippen LogP contribution is -2.10. The van der Waals surface area contributed by atoms with Gasteiger partial charge in [0.1, 0.15) is 0 Å². The smallest absolute Gasteiger partial charge is 0.0582 e. The summed E-state index contributed by atoms with van der Waals surface area (Å²) in [6.45, 7) is 17.5. The Morgan fingerprint density at radius 1 is 1.15 bits per heavy atom. The largest absolute Gasteiger partial charge is 0.393 e. The van der Waals surface area contributed by atoms with Crippen LogP contribution in [0.15, 0.2) is 36.5 Å². The van der Waals surface area contributed by atoms with Crippen LogP contribution < -0.4 is 0 Å². The maximum atomic E-state index is 9.41. The van der Waals surface area contributed by atoms with Crippen LogP contribution in [0.1, 0.15) is 60.3 Å². The molecule has 118 valence electrons. The molecule has 0 saturated heterocycles. The van der Waals surface area contributed by atoms with Gasteiger partial charge in [0.15, 0.2) is 0 Å². The van der Waals surface area contributed by atoms with Crippen molar-refractivity contribution < 1.29 is 10.2 Å². The average Bonchev–Trinajstić information content (AvgIpc) is 2.27. The first-order valence-electron chi connectivity index (χ1n) is 7.48. The summed E-state index contributed by atoms with van der Waals surface area (Å²) < 4.78 is 0. The Hall–Kier alpha value is -0.860. The quantitative estimate of drug-likeness (QED) is 0.503. The molecule has 0 spiro atoms. The summed E-state index contributed by atoms with van der Waals surface area (Å²) in [5.41, 5.74) is 2.24. The van der Waals surface area contributed by atoms with Crippen LogP contribution in [0.25, 0.3) is 0 Å². The van der Waals surface area contributed by atoms with Gasteiger partial charge in [0.2, 0.25) is 0 Å². The second-order valence-electron chi connectivity index (χ2n) is 6.06. The van der Waals surface area contributed by atoms with E-state index in [0.29, 0.717) is 12.3 Å². The molecule has 0 aromatic heterocycles. The van der Waals surface area contributed by atoms with Gasteiger partial charge in [0.05, 0.1) is 12.2 Å². The van der Waals surface area contributed by atoms with Crippen LogP contribution in [0, 0.1) is 5.92 Å². The molecule has 20 heavy (non-hydrogen) atoms. The molecule has 0 bridgehead atoms. The van der Waals surface area contributed by atoms with E-state index in [-0.39, 0.29) is 12.2 Å². The van der Waals surface area contributed by atoms with Crippen molar-refractivity contribution in [3.05, 3.63) is 36.5 Å². The molecule has 0 aromatic rings. The SMILES string of the molecule is C=CC(=C)CC(O)CC(C)C.CC(C)=CCCC(C)O. The first kappa shape index (κ1) is 21.4. The van der Waals surface area contributed by atoms with E-state index in [2.05, 4.69) is 46.9 Å². The van der Waals surface area contributed by atoms with Crippen molar-refractivity contribution in [2.45, 2.75) is 72.5 Å². The van der Waals surface area contributed by atoms with Gasteiger partial charge in [-0.25, -0.2) is 0 Å². The highest BCUT2D eigenvalue weighted by Gasteiger charge is 2.06. The zero-order valence-corrected chi connectivity index (χ0v) is 14.0. The van der Waals surface area contributed by atoms with Gasteiger partial charge in [-0.05, 0) is 52.4 Å². The molecule has 2 heteroatoms. The molecule has 0 aliphatic heterocycles. The molecule has 2 unspecified atom stereocenters. The number of aliphatic hydroxyl groups excluding tert-OH is 2. The van der Waals surface area contributed by atoms with E-state index in [9.17, 15) is 5.11 Å². The summed E-state index contributed by atoms with van der Waals surface area (Å²) in [6.07, 6.45) is 6.82. The molecule has 0 amide bonds. The minimum atomic E-state index is -0.250. The lowest BCUT2D eigenvalue weighted by molar-refractivity contribution is 0.150. The molecular weight excluding hydrogens is 248 g/mol. The molecule has 0 fully saturated rings. The highest BCUT2D eigenvalue weighted by molar-refractivity contribution is 5.11.